The Labute approximate surface area is 99.5 Å². The molecule has 5 heteroatoms. The Morgan fingerprint density at radius 2 is 2.12 bits per heavy atom. The summed E-state index contributed by atoms with van der Waals surface area (Å²) < 4.78 is 5.52. The zero-order valence-corrected chi connectivity index (χ0v) is 10.0. The number of rotatable bonds is 6. The van der Waals surface area contributed by atoms with Gasteiger partial charge >= 0.3 is 0 Å². The van der Waals surface area contributed by atoms with Gasteiger partial charge in [-0.15, -0.1) is 0 Å². The molecular formula is C11H16N2O2S. The van der Waals surface area contributed by atoms with Crippen molar-refractivity contribution in [3.63, 3.8) is 0 Å². The SMILES string of the molecule is CSCCCOc1ccc(/C(N)=N/O)cc1. The van der Waals surface area contributed by atoms with Gasteiger partial charge in [0.25, 0.3) is 0 Å². The Balaban J connectivity index is 2.45. The lowest BCUT2D eigenvalue weighted by atomic mass is 10.2. The van der Waals surface area contributed by atoms with Crippen molar-refractivity contribution < 1.29 is 9.94 Å². The van der Waals surface area contributed by atoms with Gasteiger partial charge in [-0.25, -0.2) is 0 Å². The first-order chi connectivity index (χ1) is 7.77. The number of oxime groups is 1. The minimum atomic E-state index is 0.105. The van der Waals surface area contributed by atoms with Crippen molar-refractivity contribution in [1.82, 2.24) is 0 Å². The molecule has 1 aromatic rings. The lowest BCUT2D eigenvalue weighted by Crippen LogP contribution is -2.12. The number of hydrogen-bond donors (Lipinski definition) is 2. The maximum Gasteiger partial charge on any atom is 0.170 e. The number of nitrogens with two attached hydrogens (primary N) is 1. The highest BCUT2D eigenvalue weighted by molar-refractivity contribution is 7.98. The topological polar surface area (TPSA) is 67.8 Å². The van der Waals surface area contributed by atoms with Crippen LogP contribution in [0.5, 0.6) is 5.75 Å². The zero-order chi connectivity index (χ0) is 11.8. The molecule has 0 saturated carbocycles. The molecule has 0 aliphatic rings. The van der Waals surface area contributed by atoms with Crippen LogP contribution in [0.3, 0.4) is 0 Å². The first-order valence-corrected chi connectivity index (χ1v) is 6.37. The molecule has 0 aromatic heterocycles. The standard InChI is InChI=1S/C11H16N2O2S/c1-16-8-2-7-15-10-5-3-9(4-6-10)11(12)13-14/h3-6,14H,2,7-8H2,1H3,(H2,12,13). The summed E-state index contributed by atoms with van der Waals surface area (Å²) in [6.07, 6.45) is 3.11. The van der Waals surface area contributed by atoms with Crippen LogP contribution in [0.25, 0.3) is 0 Å². The molecule has 0 aliphatic heterocycles. The van der Waals surface area contributed by atoms with E-state index in [0.29, 0.717) is 12.2 Å². The summed E-state index contributed by atoms with van der Waals surface area (Å²) in [5.74, 6) is 2.01. The van der Waals surface area contributed by atoms with Gasteiger partial charge < -0.3 is 15.7 Å². The van der Waals surface area contributed by atoms with E-state index in [2.05, 4.69) is 11.4 Å². The lowest BCUT2D eigenvalue weighted by Gasteiger charge is -2.06. The second kappa shape index (κ2) is 7.00. The summed E-state index contributed by atoms with van der Waals surface area (Å²) in [5, 5.41) is 11.4. The Morgan fingerprint density at radius 3 is 2.69 bits per heavy atom. The van der Waals surface area contributed by atoms with Gasteiger partial charge in [0.05, 0.1) is 6.61 Å². The van der Waals surface area contributed by atoms with Gasteiger partial charge in [0.15, 0.2) is 5.84 Å². The molecule has 0 aliphatic carbocycles. The monoisotopic (exact) mass is 240 g/mol. The summed E-state index contributed by atoms with van der Waals surface area (Å²) in [6, 6.07) is 7.15. The molecule has 0 radical (unpaired) electrons. The van der Waals surface area contributed by atoms with Crippen LogP contribution < -0.4 is 10.5 Å². The highest BCUT2D eigenvalue weighted by Crippen LogP contribution is 2.12. The van der Waals surface area contributed by atoms with Crippen LogP contribution in [0.15, 0.2) is 29.4 Å². The Morgan fingerprint density at radius 1 is 1.44 bits per heavy atom. The summed E-state index contributed by atoms with van der Waals surface area (Å²) >= 11 is 1.81. The lowest BCUT2D eigenvalue weighted by molar-refractivity contribution is 0.317. The highest BCUT2D eigenvalue weighted by atomic mass is 32.2. The summed E-state index contributed by atoms with van der Waals surface area (Å²) in [6.45, 7) is 0.712. The largest absolute Gasteiger partial charge is 0.494 e. The molecule has 0 fully saturated rings. The molecule has 0 unspecified atom stereocenters. The molecule has 16 heavy (non-hydrogen) atoms. The molecule has 88 valence electrons. The fourth-order valence-corrected chi connectivity index (χ4v) is 1.58. The van der Waals surface area contributed by atoms with E-state index >= 15 is 0 Å². The van der Waals surface area contributed by atoms with Crippen LogP contribution in [0.1, 0.15) is 12.0 Å². The second-order valence-electron chi connectivity index (χ2n) is 3.20. The predicted molar refractivity (Wildman–Crippen MR) is 67.4 cm³/mol. The van der Waals surface area contributed by atoms with Gasteiger partial charge in [-0.1, -0.05) is 5.16 Å². The van der Waals surface area contributed by atoms with Crippen LogP contribution in [-0.4, -0.2) is 29.7 Å². The summed E-state index contributed by atoms with van der Waals surface area (Å²) in [5.41, 5.74) is 6.12. The van der Waals surface area contributed by atoms with Gasteiger partial charge in [-0.2, -0.15) is 11.8 Å². The van der Waals surface area contributed by atoms with Crippen molar-refractivity contribution in [1.29, 1.82) is 0 Å². The molecule has 0 amide bonds. The molecule has 4 nitrogen and oxygen atoms in total. The van der Waals surface area contributed by atoms with Crippen LogP contribution in [0.4, 0.5) is 0 Å². The minimum absolute atomic E-state index is 0.105. The number of amidine groups is 1. The van der Waals surface area contributed by atoms with Gasteiger partial charge in [0.2, 0.25) is 0 Å². The second-order valence-corrected chi connectivity index (χ2v) is 4.19. The number of thioether (sulfide) groups is 1. The average Bonchev–Trinajstić information content (AvgIpc) is 2.34. The fraction of sp³-hybridized carbons (Fsp3) is 0.364. The van der Waals surface area contributed by atoms with E-state index in [1.807, 2.05) is 12.1 Å². The van der Waals surface area contributed by atoms with E-state index in [-0.39, 0.29) is 5.84 Å². The molecule has 1 rings (SSSR count). The Hall–Kier alpha value is -1.36. The molecule has 0 saturated heterocycles. The van der Waals surface area contributed by atoms with Crippen molar-refractivity contribution in [2.75, 3.05) is 18.6 Å². The molecular weight excluding hydrogens is 224 g/mol. The van der Waals surface area contributed by atoms with Crippen molar-refractivity contribution in [2.45, 2.75) is 6.42 Å². The Kier molecular flexibility index (Phi) is 5.56. The van der Waals surface area contributed by atoms with E-state index in [1.165, 1.54) is 0 Å². The quantitative estimate of drug-likeness (QED) is 0.262. The van der Waals surface area contributed by atoms with E-state index in [4.69, 9.17) is 15.7 Å². The van der Waals surface area contributed by atoms with Crippen molar-refractivity contribution in [2.24, 2.45) is 10.9 Å². The third-order valence-electron chi connectivity index (χ3n) is 2.02. The maximum atomic E-state index is 8.49. The van der Waals surface area contributed by atoms with Gasteiger partial charge in [-0.05, 0) is 42.7 Å². The third kappa shape index (κ3) is 4.02. The zero-order valence-electron chi connectivity index (χ0n) is 9.22. The number of nitrogens with zero attached hydrogens (tertiary/aromatic N) is 1. The smallest absolute Gasteiger partial charge is 0.170 e. The fourth-order valence-electron chi connectivity index (χ4n) is 1.17. The third-order valence-corrected chi connectivity index (χ3v) is 2.72. The highest BCUT2D eigenvalue weighted by Gasteiger charge is 1.99. The Bertz CT molecular complexity index is 338. The first kappa shape index (κ1) is 12.7. The molecule has 0 heterocycles. The van der Waals surface area contributed by atoms with Crippen molar-refractivity contribution >= 4 is 17.6 Å². The number of ether oxygens (including phenoxy) is 1. The van der Waals surface area contributed by atoms with Crippen molar-refractivity contribution in [3.8, 4) is 5.75 Å². The molecule has 3 N–H and O–H groups in total. The summed E-state index contributed by atoms with van der Waals surface area (Å²) in [7, 11) is 0. The molecule has 0 spiro atoms. The van der Waals surface area contributed by atoms with Crippen LogP contribution in [-0.2, 0) is 0 Å². The van der Waals surface area contributed by atoms with Crippen LogP contribution >= 0.6 is 11.8 Å². The van der Waals surface area contributed by atoms with Crippen molar-refractivity contribution in [3.05, 3.63) is 29.8 Å². The van der Waals surface area contributed by atoms with E-state index < -0.39 is 0 Å². The summed E-state index contributed by atoms with van der Waals surface area (Å²) in [4.78, 5) is 0. The molecule has 0 atom stereocenters. The average molecular weight is 240 g/mol. The van der Waals surface area contributed by atoms with Gasteiger partial charge in [0, 0.05) is 5.56 Å². The first-order valence-electron chi connectivity index (χ1n) is 4.97. The predicted octanol–water partition coefficient (Wildman–Crippen LogP) is 1.91. The number of hydrogen-bond acceptors (Lipinski definition) is 4. The molecule has 0 bridgehead atoms. The van der Waals surface area contributed by atoms with Gasteiger partial charge in [-0.3, -0.25) is 0 Å². The van der Waals surface area contributed by atoms with Crippen LogP contribution in [0.2, 0.25) is 0 Å². The van der Waals surface area contributed by atoms with E-state index in [9.17, 15) is 0 Å². The normalized spacial score (nSPS) is 11.4. The van der Waals surface area contributed by atoms with Crippen LogP contribution in [0, 0.1) is 0 Å². The van der Waals surface area contributed by atoms with Gasteiger partial charge in [0.1, 0.15) is 5.75 Å². The van der Waals surface area contributed by atoms with E-state index in [1.54, 1.807) is 23.9 Å². The van der Waals surface area contributed by atoms with E-state index in [0.717, 1.165) is 17.9 Å². The maximum absolute atomic E-state index is 8.49. The number of benzene rings is 1. The molecule has 1 aromatic carbocycles. The minimum Gasteiger partial charge on any atom is -0.494 e.